The predicted octanol–water partition coefficient (Wildman–Crippen LogP) is 1.96. The zero-order valence-electron chi connectivity index (χ0n) is 12.1. The molecule has 4 aromatic rings. The van der Waals surface area contributed by atoms with Crippen LogP contribution in [-0.2, 0) is 6.42 Å². The number of aryl methyl sites for hydroxylation is 1. The molecule has 4 heterocycles. The van der Waals surface area contributed by atoms with Gasteiger partial charge in [-0.3, -0.25) is 0 Å². The fourth-order valence-electron chi connectivity index (χ4n) is 2.53. The number of H-pyrrole nitrogens is 1. The maximum Gasteiger partial charge on any atom is 0.182 e. The molecule has 110 valence electrons. The van der Waals surface area contributed by atoms with Crippen LogP contribution in [0.15, 0.2) is 37.2 Å². The lowest BCUT2D eigenvalue weighted by Gasteiger charge is -2.04. The second-order valence-corrected chi connectivity index (χ2v) is 5.15. The van der Waals surface area contributed by atoms with E-state index in [1.165, 1.54) is 11.9 Å². The Hall–Kier alpha value is -2.96. The standard InChI is InChI=1S/C15H15N7/c1-10-3-2-6-22-7-11(21-15(10)22)4-5-16-13-12-14(18-8-17-12)20-9-19-13/h2-3,6-9H,4-5H2,1H3,(H2,16,17,18,19,20). The van der Waals surface area contributed by atoms with E-state index in [1.807, 2.05) is 12.3 Å². The molecular weight excluding hydrogens is 278 g/mol. The van der Waals surface area contributed by atoms with E-state index in [4.69, 9.17) is 0 Å². The summed E-state index contributed by atoms with van der Waals surface area (Å²) in [7, 11) is 0. The van der Waals surface area contributed by atoms with Crippen molar-refractivity contribution < 1.29 is 0 Å². The third-order valence-corrected chi connectivity index (χ3v) is 3.62. The van der Waals surface area contributed by atoms with Gasteiger partial charge in [0.1, 0.15) is 17.5 Å². The van der Waals surface area contributed by atoms with Gasteiger partial charge < -0.3 is 14.7 Å². The Kier molecular flexibility index (Phi) is 2.96. The zero-order valence-corrected chi connectivity index (χ0v) is 12.1. The van der Waals surface area contributed by atoms with Crippen molar-refractivity contribution >= 4 is 22.6 Å². The minimum absolute atomic E-state index is 0.667. The zero-order chi connectivity index (χ0) is 14.9. The number of imidazole rings is 2. The van der Waals surface area contributed by atoms with Gasteiger partial charge in [0.15, 0.2) is 11.5 Å². The summed E-state index contributed by atoms with van der Waals surface area (Å²) in [5.74, 6) is 0.766. The monoisotopic (exact) mass is 293 g/mol. The van der Waals surface area contributed by atoms with Crippen LogP contribution in [-0.4, -0.2) is 35.9 Å². The third-order valence-electron chi connectivity index (χ3n) is 3.62. The summed E-state index contributed by atoms with van der Waals surface area (Å²) >= 11 is 0. The van der Waals surface area contributed by atoms with Crippen molar-refractivity contribution in [1.82, 2.24) is 29.3 Å². The Morgan fingerprint density at radius 2 is 2.23 bits per heavy atom. The number of anilines is 1. The molecule has 0 radical (unpaired) electrons. The van der Waals surface area contributed by atoms with E-state index in [1.54, 1.807) is 6.33 Å². The van der Waals surface area contributed by atoms with Crippen molar-refractivity contribution in [3.63, 3.8) is 0 Å². The second-order valence-electron chi connectivity index (χ2n) is 5.15. The van der Waals surface area contributed by atoms with Crippen molar-refractivity contribution in [3.8, 4) is 0 Å². The summed E-state index contributed by atoms with van der Waals surface area (Å²) in [5, 5.41) is 3.31. The fraction of sp³-hybridized carbons (Fsp3) is 0.200. The number of aromatic amines is 1. The first kappa shape index (κ1) is 12.8. The molecule has 0 spiro atoms. The Bertz CT molecular complexity index is 937. The van der Waals surface area contributed by atoms with Gasteiger partial charge in [-0.1, -0.05) is 6.07 Å². The maximum atomic E-state index is 4.67. The molecule has 0 bridgehead atoms. The molecule has 0 amide bonds. The molecule has 0 aliphatic heterocycles. The first-order valence-electron chi connectivity index (χ1n) is 7.12. The van der Waals surface area contributed by atoms with E-state index in [0.717, 1.165) is 35.6 Å². The van der Waals surface area contributed by atoms with Crippen LogP contribution in [0.1, 0.15) is 11.3 Å². The first-order valence-corrected chi connectivity index (χ1v) is 7.12. The van der Waals surface area contributed by atoms with E-state index < -0.39 is 0 Å². The van der Waals surface area contributed by atoms with Crippen LogP contribution in [0.2, 0.25) is 0 Å². The minimum Gasteiger partial charge on any atom is -0.368 e. The smallest absolute Gasteiger partial charge is 0.182 e. The highest BCUT2D eigenvalue weighted by molar-refractivity contribution is 5.81. The topological polar surface area (TPSA) is 83.8 Å². The van der Waals surface area contributed by atoms with Crippen LogP contribution in [0.25, 0.3) is 16.8 Å². The fourth-order valence-corrected chi connectivity index (χ4v) is 2.53. The van der Waals surface area contributed by atoms with Crippen LogP contribution in [0.4, 0.5) is 5.82 Å². The Labute approximate surface area is 126 Å². The predicted molar refractivity (Wildman–Crippen MR) is 83.8 cm³/mol. The summed E-state index contributed by atoms with van der Waals surface area (Å²) in [6.07, 6.45) is 8.04. The molecule has 7 nitrogen and oxygen atoms in total. The average molecular weight is 293 g/mol. The summed E-state index contributed by atoms with van der Waals surface area (Å²) in [6, 6.07) is 4.10. The molecule has 4 aromatic heterocycles. The lowest BCUT2D eigenvalue weighted by molar-refractivity contribution is 0.969. The lowest BCUT2D eigenvalue weighted by atomic mass is 10.3. The number of pyridine rings is 1. The third kappa shape index (κ3) is 2.16. The maximum absolute atomic E-state index is 4.67. The van der Waals surface area contributed by atoms with Gasteiger partial charge in [-0.05, 0) is 18.6 Å². The summed E-state index contributed by atoms with van der Waals surface area (Å²) in [5.41, 5.74) is 4.73. The lowest BCUT2D eigenvalue weighted by Crippen LogP contribution is -2.07. The van der Waals surface area contributed by atoms with Gasteiger partial charge in [0.05, 0.1) is 12.0 Å². The van der Waals surface area contributed by atoms with Gasteiger partial charge in [-0.2, -0.15) is 0 Å². The second kappa shape index (κ2) is 5.10. The van der Waals surface area contributed by atoms with Gasteiger partial charge in [-0.15, -0.1) is 0 Å². The van der Waals surface area contributed by atoms with Crippen molar-refractivity contribution in [3.05, 3.63) is 48.4 Å². The molecule has 0 saturated heterocycles. The molecular formula is C15H15N7. The normalized spacial score (nSPS) is 11.3. The molecule has 4 rings (SSSR count). The molecule has 2 N–H and O–H groups in total. The Balaban J connectivity index is 1.50. The molecule has 0 aromatic carbocycles. The number of aromatic nitrogens is 6. The van der Waals surface area contributed by atoms with E-state index in [2.05, 4.69) is 53.8 Å². The molecule has 0 aliphatic rings. The van der Waals surface area contributed by atoms with Crippen molar-refractivity contribution in [2.45, 2.75) is 13.3 Å². The van der Waals surface area contributed by atoms with Crippen LogP contribution >= 0.6 is 0 Å². The highest BCUT2D eigenvalue weighted by Crippen LogP contribution is 2.15. The van der Waals surface area contributed by atoms with Crippen molar-refractivity contribution in [2.24, 2.45) is 0 Å². The van der Waals surface area contributed by atoms with Crippen LogP contribution in [0, 0.1) is 6.92 Å². The SMILES string of the molecule is Cc1cccn2cc(CCNc3ncnc4nc[nH]c34)nc12. The molecule has 0 aliphatic carbocycles. The summed E-state index contributed by atoms with van der Waals surface area (Å²) in [4.78, 5) is 20.2. The number of hydrogen-bond acceptors (Lipinski definition) is 5. The van der Waals surface area contributed by atoms with Gasteiger partial charge in [-0.25, -0.2) is 19.9 Å². The number of hydrogen-bond donors (Lipinski definition) is 2. The molecule has 22 heavy (non-hydrogen) atoms. The van der Waals surface area contributed by atoms with Gasteiger partial charge in [0, 0.05) is 25.4 Å². The van der Waals surface area contributed by atoms with Crippen molar-refractivity contribution in [1.29, 1.82) is 0 Å². The van der Waals surface area contributed by atoms with E-state index >= 15 is 0 Å². The summed E-state index contributed by atoms with van der Waals surface area (Å²) in [6.45, 7) is 2.81. The molecule has 0 unspecified atom stereocenters. The highest BCUT2D eigenvalue weighted by atomic mass is 15.1. The largest absolute Gasteiger partial charge is 0.368 e. The van der Waals surface area contributed by atoms with Crippen LogP contribution < -0.4 is 5.32 Å². The van der Waals surface area contributed by atoms with E-state index in [9.17, 15) is 0 Å². The van der Waals surface area contributed by atoms with Crippen molar-refractivity contribution in [2.75, 3.05) is 11.9 Å². The molecule has 7 heteroatoms. The number of rotatable bonds is 4. The van der Waals surface area contributed by atoms with E-state index in [-0.39, 0.29) is 0 Å². The number of fused-ring (bicyclic) bond motifs is 2. The quantitative estimate of drug-likeness (QED) is 0.601. The molecule has 0 fully saturated rings. The molecule has 0 atom stereocenters. The summed E-state index contributed by atoms with van der Waals surface area (Å²) < 4.78 is 2.06. The Morgan fingerprint density at radius 1 is 1.27 bits per heavy atom. The molecule has 0 saturated carbocycles. The minimum atomic E-state index is 0.667. The average Bonchev–Trinajstić information content (AvgIpc) is 3.14. The van der Waals surface area contributed by atoms with Gasteiger partial charge in [0.2, 0.25) is 0 Å². The van der Waals surface area contributed by atoms with Crippen LogP contribution in [0.5, 0.6) is 0 Å². The van der Waals surface area contributed by atoms with Gasteiger partial charge in [0.25, 0.3) is 0 Å². The van der Waals surface area contributed by atoms with Crippen LogP contribution in [0.3, 0.4) is 0 Å². The van der Waals surface area contributed by atoms with Gasteiger partial charge >= 0.3 is 0 Å². The van der Waals surface area contributed by atoms with E-state index in [0.29, 0.717) is 5.65 Å². The first-order chi connectivity index (χ1) is 10.8. The Morgan fingerprint density at radius 3 is 3.14 bits per heavy atom. The highest BCUT2D eigenvalue weighted by Gasteiger charge is 2.06. The number of nitrogens with one attached hydrogen (secondary N) is 2. The number of nitrogens with zero attached hydrogens (tertiary/aromatic N) is 5.